The molecule has 0 aliphatic carbocycles. The van der Waals surface area contributed by atoms with Crippen LogP contribution in [-0.4, -0.2) is 37.5 Å². The Bertz CT molecular complexity index is 1420. The van der Waals surface area contributed by atoms with Crippen LogP contribution < -0.4 is 15.5 Å². The van der Waals surface area contributed by atoms with Crippen molar-refractivity contribution in [1.82, 2.24) is 5.32 Å². The number of nitrogens with one attached hydrogen (secondary N) is 2. The summed E-state index contributed by atoms with van der Waals surface area (Å²) in [6.07, 6.45) is 0. The SMILES string of the molecule is CCN1C(=O)[C@@]2(N[C@@H](C(=O)OC)[C@H](c3ccc(Br)cc3)[C@@]23C(=O)Nc2ccccc23)c2ccccc21. The number of hydrogen-bond acceptors (Lipinski definition) is 5. The van der Waals surface area contributed by atoms with E-state index in [0.29, 0.717) is 23.4 Å². The van der Waals surface area contributed by atoms with E-state index in [4.69, 9.17) is 4.74 Å². The fraction of sp³-hybridized carbons (Fsp3) is 0.250. The van der Waals surface area contributed by atoms with E-state index in [-0.39, 0.29) is 11.8 Å². The topological polar surface area (TPSA) is 87.7 Å². The standard InChI is InChI=1S/C28H24BrN3O4/c1-3-32-21-11-7-5-9-19(21)28(26(32)35)27(18-8-4-6-10-20(18)30-25(27)34)22(23(31-28)24(33)36-2)16-12-14-17(29)15-13-16/h4-15,22-23,31H,3H2,1-2H3,(H,30,34)/t22-,23+,27-,28-/m0/s1. The maximum atomic E-state index is 14.5. The van der Waals surface area contributed by atoms with Crippen molar-refractivity contribution >= 4 is 45.1 Å². The largest absolute Gasteiger partial charge is 0.468 e. The van der Waals surface area contributed by atoms with Gasteiger partial charge in [0.25, 0.3) is 5.91 Å². The van der Waals surface area contributed by atoms with Gasteiger partial charge in [0.05, 0.1) is 7.11 Å². The Labute approximate surface area is 217 Å². The maximum absolute atomic E-state index is 14.5. The zero-order chi connectivity index (χ0) is 25.2. The summed E-state index contributed by atoms with van der Waals surface area (Å²) >= 11 is 3.49. The van der Waals surface area contributed by atoms with E-state index < -0.39 is 28.9 Å². The highest BCUT2D eigenvalue weighted by Crippen LogP contribution is 2.65. The summed E-state index contributed by atoms with van der Waals surface area (Å²) in [7, 11) is 1.33. The van der Waals surface area contributed by atoms with Crippen LogP contribution in [-0.2, 0) is 30.1 Å². The van der Waals surface area contributed by atoms with Crippen molar-refractivity contribution in [1.29, 1.82) is 0 Å². The van der Waals surface area contributed by atoms with Gasteiger partial charge in [-0.3, -0.25) is 19.7 Å². The summed E-state index contributed by atoms with van der Waals surface area (Å²) in [6.45, 7) is 2.33. The molecule has 0 unspecified atom stereocenters. The van der Waals surface area contributed by atoms with Crippen LogP contribution in [0.25, 0.3) is 0 Å². The van der Waals surface area contributed by atoms with Crippen molar-refractivity contribution in [3.8, 4) is 0 Å². The number of fused-ring (bicyclic) bond motifs is 5. The number of carbonyl (C=O) groups excluding carboxylic acids is 3. The second-order valence-corrected chi connectivity index (χ2v) is 10.2. The van der Waals surface area contributed by atoms with Gasteiger partial charge in [-0.15, -0.1) is 0 Å². The van der Waals surface area contributed by atoms with Gasteiger partial charge >= 0.3 is 5.97 Å². The number of methoxy groups -OCH3 is 1. The normalized spacial score (nSPS) is 27.9. The van der Waals surface area contributed by atoms with Gasteiger partial charge < -0.3 is 15.0 Å². The number of carbonyl (C=O) groups is 3. The lowest BCUT2D eigenvalue weighted by Gasteiger charge is -2.41. The number of likely N-dealkylation sites (N-methyl/N-ethyl adjacent to an activating group) is 1. The fourth-order valence-electron chi connectivity index (χ4n) is 6.60. The summed E-state index contributed by atoms with van der Waals surface area (Å²) in [5.74, 6) is -1.84. The maximum Gasteiger partial charge on any atom is 0.323 e. The average molecular weight is 546 g/mol. The molecule has 0 saturated carbocycles. The Balaban J connectivity index is 1.76. The zero-order valence-corrected chi connectivity index (χ0v) is 21.3. The zero-order valence-electron chi connectivity index (χ0n) is 19.7. The minimum Gasteiger partial charge on any atom is -0.468 e. The van der Waals surface area contributed by atoms with Crippen molar-refractivity contribution in [2.45, 2.75) is 29.8 Å². The lowest BCUT2D eigenvalue weighted by Crippen LogP contribution is -2.62. The van der Waals surface area contributed by atoms with Crippen LogP contribution >= 0.6 is 15.9 Å². The van der Waals surface area contributed by atoms with Gasteiger partial charge in [-0.25, -0.2) is 0 Å². The monoisotopic (exact) mass is 545 g/mol. The van der Waals surface area contributed by atoms with Crippen molar-refractivity contribution in [3.05, 3.63) is 94.0 Å². The van der Waals surface area contributed by atoms with Crippen molar-refractivity contribution in [2.75, 3.05) is 23.9 Å². The second kappa shape index (κ2) is 8.01. The Morgan fingerprint density at radius 3 is 2.36 bits per heavy atom. The van der Waals surface area contributed by atoms with Gasteiger partial charge in [-0.05, 0) is 42.3 Å². The number of anilines is 2. The number of halogens is 1. The number of para-hydroxylation sites is 2. The highest BCUT2D eigenvalue weighted by atomic mass is 79.9. The third-order valence-corrected chi connectivity index (χ3v) is 8.42. The van der Waals surface area contributed by atoms with E-state index in [1.807, 2.05) is 79.7 Å². The van der Waals surface area contributed by atoms with Crippen LogP contribution in [0.3, 0.4) is 0 Å². The Kier molecular flexibility index (Phi) is 5.10. The predicted octanol–water partition coefficient (Wildman–Crippen LogP) is 3.83. The summed E-state index contributed by atoms with van der Waals surface area (Å²) in [4.78, 5) is 44.0. The van der Waals surface area contributed by atoms with Gasteiger partial charge in [0.1, 0.15) is 17.0 Å². The molecule has 3 aromatic carbocycles. The molecule has 36 heavy (non-hydrogen) atoms. The molecule has 1 saturated heterocycles. The third kappa shape index (κ3) is 2.63. The minimum absolute atomic E-state index is 0.258. The highest BCUT2D eigenvalue weighted by molar-refractivity contribution is 9.10. The molecule has 2 spiro atoms. The molecular formula is C28H24BrN3O4. The first kappa shape index (κ1) is 22.9. The van der Waals surface area contributed by atoms with Crippen LogP contribution in [0.2, 0.25) is 0 Å². The first-order valence-corrected chi connectivity index (χ1v) is 12.6. The van der Waals surface area contributed by atoms with Gasteiger partial charge in [-0.2, -0.15) is 0 Å². The summed E-state index contributed by atoms with van der Waals surface area (Å²) in [5, 5.41) is 6.46. The molecule has 0 radical (unpaired) electrons. The number of nitrogens with zero attached hydrogens (tertiary/aromatic N) is 1. The van der Waals surface area contributed by atoms with Gasteiger partial charge in [0.2, 0.25) is 5.91 Å². The molecule has 1 fully saturated rings. The Hall–Kier alpha value is -3.49. The predicted molar refractivity (Wildman–Crippen MR) is 139 cm³/mol. The number of hydrogen-bond donors (Lipinski definition) is 2. The fourth-order valence-corrected chi connectivity index (χ4v) is 6.86. The lowest BCUT2D eigenvalue weighted by atomic mass is 9.57. The smallest absolute Gasteiger partial charge is 0.323 e. The molecule has 3 aliphatic rings. The summed E-state index contributed by atoms with van der Waals surface area (Å²) in [6, 6.07) is 21.5. The molecule has 0 aromatic heterocycles. The molecular weight excluding hydrogens is 522 g/mol. The highest BCUT2D eigenvalue weighted by Gasteiger charge is 2.78. The average Bonchev–Trinajstić information content (AvgIpc) is 3.47. The molecule has 6 rings (SSSR count). The minimum atomic E-state index is -1.52. The van der Waals surface area contributed by atoms with E-state index in [0.717, 1.165) is 15.7 Å². The van der Waals surface area contributed by atoms with Crippen molar-refractivity contribution in [2.24, 2.45) is 0 Å². The van der Waals surface area contributed by atoms with Gasteiger partial charge in [-0.1, -0.05) is 64.5 Å². The molecule has 8 heteroatoms. The first-order chi connectivity index (χ1) is 17.4. The molecule has 7 nitrogen and oxygen atoms in total. The molecule has 3 aromatic rings. The summed E-state index contributed by atoms with van der Waals surface area (Å²) in [5.41, 5.74) is 0.510. The van der Waals surface area contributed by atoms with Crippen LogP contribution in [0.15, 0.2) is 77.3 Å². The van der Waals surface area contributed by atoms with Crippen LogP contribution in [0, 0.1) is 0 Å². The van der Waals surface area contributed by atoms with E-state index >= 15 is 0 Å². The molecule has 3 heterocycles. The van der Waals surface area contributed by atoms with E-state index in [9.17, 15) is 14.4 Å². The van der Waals surface area contributed by atoms with Crippen LogP contribution in [0.4, 0.5) is 11.4 Å². The molecule has 4 atom stereocenters. The molecule has 3 aliphatic heterocycles. The van der Waals surface area contributed by atoms with Crippen LogP contribution in [0.1, 0.15) is 29.5 Å². The summed E-state index contributed by atoms with van der Waals surface area (Å²) < 4.78 is 6.11. The second-order valence-electron chi connectivity index (χ2n) is 9.30. The molecule has 2 N–H and O–H groups in total. The van der Waals surface area contributed by atoms with Crippen molar-refractivity contribution in [3.63, 3.8) is 0 Å². The van der Waals surface area contributed by atoms with E-state index in [1.165, 1.54) is 7.11 Å². The van der Waals surface area contributed by atoms with Gasteiger partial charge in [0, 0.05) is 33.9 Å². The van der Waals surface area contributed by atoms with Gasteiger partial charge in [0.15, 0.2) is 0 Å². The third-order valence-electron chi connectivity index (χ3n) is 7.89. The Morgan fingerprint density at radius 2 is 1.67 bits per heavy atom. The number of rotatable bonds is 3. The van der Waals surface area contributed by atoms with Crippen molar-refractivity contribution < 1.29 is 19.1 Å². The number of benzene rings is 3. The van der Waals surface area contributed by atoms with E-state index in [1.54, 1.807) is 4.90 Å². The quantitative estimate of drug-likeness (QED) is 0.488. The number of ether oxygens (including phenoxy) is 1. The Morgan fingerprint density at radius 1 is 1.00 bits per heavy atom. The molecule has 2 amide bonds. The molecule has 182 valence electrons. The van der Waals surface area contributed by atoms with E-state index in [2.05, 4.69) is 26.6 Å². The lowest BCUT2D eigenvalue weighted by molar-refractivity contribution is -0.143. The molecule has 0 bridgehead atoms. The van der Waals surface area contributed by atoms with Crippen LogP contribution in [0.5, 0.6) is 0 Å². The number of esters is 1. The first-order valence-electron chi connectivity index (χ1n) is 11.8. The number of amides is 2.